The van der Waals surface area contributed by atoms with Crippen LogP contribution in [0.5, 0.6) is 11.5 Å². The number of halogens is 1. The normalized spacial score (nSPS) is 10.2. The first-order valence-corrected chi connectivity index (χ1v) is 5.97. The summed E-state index contributed by atoms with van der Waals surface area (Å²) in [7, 11) is 3.03. The van der Waals surface area contributed by atoms with Gasteiger partial charge in [-0.3, -0.25) is 4.79 Å². The zero-order valence-electron chi connectivity index (χ0n) is 10.5. The molecular weight excluding hydrogens is 304 g/mol. The number of ether oxygens (including phenoxy) is 4. The summed E-state index contributed by atoms with van der Waals surface area (Å²) in [5, 5.41) is 0. The van der Waals surface area contributed by atoms with Crippen molar-refractivity contribution in [1.29, 1.82) is 0 Å². The minimum absolute atomic E-state index is 0.0590. The summed E-state index contributed by atoms with van der Waals surface area (Å²) in [4.78, 5) is 11.4. The third kappa shape index (κ3) is 3.97. The molecule has 0 fully saturated rings. The maximum atomic E-state index is 11.4. The second-order valence-corrected chi connectivity index (χ2v) is 4.30. The van der Waals surface area contributed by atoms with Crippen molar-refractivity contribution >= 4 is 21.7 Å². The van der Waals surface area contributed by atoms with Crippen molar-refractivity contribution in [2.75, 3.05) is 27.8 Å². The molecule has 0 amide bonds. The summed E-state index contributed by atoms with van der Waals surface area (Å²) in [6.45, 7) is 1.63. The molecule has 0 radical (unpaired) electrons. The van der Waals surface area contributed by atoms with Gasteiger partial charge in [0.1, 0.15) is 0 Å². The molecule has 1 aromatic rings. The Morgan fingerprint density at radius 2 is 1.78 bits per heavy atom. The quantitative estimate of drug-likeness (QED) is 0.571. The van der Waals surface area contributed by atoms with Gasteiger partial charge in [-0.25, -0.2) is 0 Å². The van der Waals surface area contributed by atoms with E-state index in [4.69, 9.17) is 18.9 Å². The number of hydrogen-bond acceptors (Lipinski definition) is 5. The zero-order valence-corrected chi connectivity index (χ0v) is 12.1. The molecule has 0 bridgehead atoms. The lowest BCUT2D eigenvalue weighted by Gasteiger charge is -2.14. The van der Waals surface area contributed by atoms with Gasteiger partial charge in [-0.05, 0) is 35.0 Å². The molecule has 0 atom stereocenters. The summed E-state index contributed by atoms with van der Waals surface area (Å²) < 4.78 is 21.1. The van der Waals surface area contributed by atoms with E-state index in [-0.39, 0.29) is 19.4 Å². The van der Waals surface area contributed by atoms with E-state index in [0.29, 0.717) is 21.5 Å². The van der Waals surface area contributed by atoms with Gasteiger partial charge in [0.25, 0.3) is 0 Å². The Hall–Kier alpha value is -1.11. The Morgan fingerprint density at radius 3 is 2.33 bits per heavy atom. The molecule has 0 saturated carbocycles. The molecule has 0 spiro atoms. The minimum Gasteiger partial charge on any atom is -0.464 e. The summed E-state index contributed by atoms with van der Waals surface area (Å²) in [6.07, 6.45) is 0. The maximum absolute atomic E-state index is 11.4. The van der Waals surface area contributed by atoms with Crippen LogP contribution in [-0.4, -0.2) is 33.6 Å². The van der Waals surface area contributed by atoms with Gasteiger partial charge >= 0.3 is 0 Å². The number of carbonyl (C=O) groups is 1. The first-order valence-electron chi connectivity index (χ1n) is 5.18. The molecule has 0 aliphatic heterocycles. The van der Waals surface area contributed by atoms with Gasteiger partial charge in [0.15, 0.2) is 30.9 Å². The van der Waals surface area contributed by atoms with Gasteiger partial charge in [0.2, 0.25) is 0 Å². The van der Waals surface area contributed by atoms with Crippen molar-refractivity contribution in [1.82, 2.24) is 0 Å². The van der Waals surface area contributed by atoms with Crippen molar-refractivity contribution in [3.63, 3.8) is 0 Å². The molecule has 5 nitrogen and oxygen atoms in total. The minimum atomic E-state index is -0.0590. The average molecular weight is 319 g/mol. The fourth-order valence-electron chi connectivity index (χ4n) is 1.26. The number of carbonyl (C=O) groups excluding carboxylic acids is 1. The van der Waals surface area contributed by atoms with Crippen LogP contribution in [0.25, 0.3) is 0 Å². The highest BCUT2D eigenvalue weighted by Gasteiger charge is 2.14. The fourth-order valence-corrected chi connectivity index (χ4v) is 1.82. The highest BCUT2D eigenvalue weighted by molar-refractivity contribution is 9.10. The monoisotopic (exact) mass is 318 g/mol. The Labute approximate surface area is 114 Å². The van der Waals surface area contributed by atoms with Crippen LogP contribution in [0.1, 0.15) is 17.3 Å². The summed E-state index contributed by atoms with van der Waals surface area (Å²) in [6, 6.07) is 3.28. The number of benzene rings is 1. The number of ketones is 1. The summed E-state index contributed by atoms with van der Waals surface area (Å²) >= 11 is 3.33. The van der Waals surface area contributed by atoms with E-state index in [0.717, 1.165) is 0 Å². The van der Waals surface area contributed by atoms with Gasteiger partial charge in [-0.15, -0.1) is 0 Å². The van der Waals surface area contributed by atoms with Crippen LogP contribution in [0.2, 0.25) is 0 Å². The first kappa shape index (κ1) is 14.9. The van der Waals surface area contributed by atoms with E-state index < -0.39 is 0 Å². The van der Waals surface area contributed by atoms with Gasteiger partial charge in [-0.1, -0.05) is 0 Å². The predicted octanol–water partition coefficient (Wildman–Crippen LogP) is 2.62. The maximum Gasteiger partial charge on any atom is 0.188 e. The molecule has 1 rings (SSSR count). The topological polar surface area (TPSA) is 54.0 Å². The van der Waals surface area contributed by atoms with Crippen LogP contribution < -0.4 is 9.47 Å². The van der Waals surface area contributed by atoms with Crippen molar-refractivity contribution in [3.8, 4) is 11.5 Å². The smallest absolute Gasteiger partial charge is 0.188 e. The van der Waals surface area contributed by atoms with E-state index >= 15 is 0 Å². The molecule has 0 heterocycles. The molecular formula is C12H15BrO5. The van der Waals surface area contributed by atoms with Gasteiger partial charge in [0.05, 0.1) is 4.47 Å². The number of hydrogen-bond donors (Lipinski definition) is 0. The van der Waals surface area contributed by atoms with E-state index in [1.165, 1.54) is 21.1 Å². The SMILES string of the molecule is COCOc1cc(C(C)=O)cc(Br)c1OCOC. The first-order chi connectivity index (χ1) is 8.60. The fraction of sp³-hybridized carbons (Fsp3) is 0.417. The number of rotatable bonds is 7. The van der Waals surface area contributed by atoms with E-state index in [2.05, 4.69) is 15.9 Å². The summed E-state index contributed by atoms with van der Waals surface area (Å²) in [5.74, 6) is 0.837. The highest BCUT2D eigenvalue weighted by Crippen LogP contribution is 2.37. The van der Waals surface area contributed by atoms with Crippen molar-refractivity contribution in [2.45, 2.75) is 6.92 Å². The largest absolute Gasteiger partial charge is 0.464 e. The molecule has 0 N–H and O–H groups in total. The lowest BCUT2D eigenvalue weighted by molar-refractivity contribution is 0.0317. The van der Waals surface area contributed by atoms with Crippen molar-refractivity contribution in [3.05, 3.63) is 22.2 Å². The van der Waals surface area contributed by atoms with Crippen LogP contribution in [0.4, 0.5) is 0 Å². The zero-order chi connectivity index (χ0) is 13.5. The van der Waals surface area contributed by atoms with Crippen LogP contribution in [0.15, 0.2) is 16.6 Å². The molecule has 100 valence electrons. The second-order valence-electron chi connectivity index (χ2n) is 3.44. The van der Waals surface area contributed by atoms with Gasteiger partial charge in [0, 0.05) is 19.8 Å². The Balaban J connectivity index is 3.08. The third-order valence-electron chi connectivity index (χ3n) is 2.07. The van der Waals surface area contributed by atoms with Crippen molar-refractivity contribution in [2.24, 2.45) is 0 Å². The number of Topliss-reactive ketones (excluding diaryl/α,β-unsaturated/α-hetero) is 1. The standard InChI is InChI=1S/C12H15BrO5/c1-8(14)9-4-10(13)12(18-7-16-3)11(5-9)17-6-15-2/h4-5H,6-7H2,1-3H3. The van der Waals surface area contributed by atoms with E-state index in [1.807, 2.05) is 0 Å². The Morgan fingerprint density at radius 1 is 1.17 bits per heavy atom. The van der Waals surface area contributed by atoms with Gasteiger partial charge < -0.3 is 18.9 Å². The molecule has 18 heavy (non-hydrogen) atoms. The predicted molar refractivity (Wildman–Crippen MR) is 69.2 cm³/mol. The summed E-state index contributed by atoms with van der Waals surface area (Å²) in [5.41, 5.74) is 0.526. The second kappa shape index (κ2) is 7.35. The molecule has 0 aliphatic rings. The lowest BCUT2D eigenvalue weighted by Crippen LogP contribution is -2.06. The molecule has 1 aromatic carbocycles. The van der Waals surface area contributed by atoms with Gasteiger partial charge in [-0.2, -0.15) is 0 Å². The van der Waals surface area contributed by atoms with Crippen LogP contribution >= 0.6 is 15.9 Å². The Bertz CT molecular complexity index is 419. The van der Waals surface area contributed by atoms with Crippen molar-refractivity contribution < 1.29 is 23.7 Å². The van der Waals surface area contributed by atoms with E-state index in [1.54, 1.807) is 12.1 Å². The number of methoxy groups -OCH3 is 2. The molecule has 0 aliphatic carbocycles. The van der Waals surface area contributed by atoms with Crippen LogP contribution in [-0.2, 0) is 9.47 Å². The Kier molecular flexibility index (Phi) is 6.11. The lowest BCUT2D eigenvalue weighted by atomic mass is 10.1. The van der Waals surface area contributed by atoms with Crippen LogP contribution in [0.3, 0.4) is 0 Å². The van der Waals surface area contributed by atoms with E-state index in [9.17, 15) is 4.79 Å². The highest BCUT2D eigenvalue weighted by atomic mass is 79.9. The average Bonchev–Trinajstić information content (AvgIpc) is 2.34. The molecule has 6 heteroatoms. The third-order valence-corrected chi connectivity index (χ3v) is 2.66. The molecule has 0 unspecified atom stereocenters. The molecule has 0 aromatic heterocycles. The van der Waals surface area contributed by atoms with Crippen LogP contribution in [0, 0.1) is 0 Å². The molecule has 0 saturated heterocycles.